The normalized spacial score (nSPS) is 21.7. The number of likely N-dealkylation sites (tertiary alicyclic amines) is 1. The molecule has 20 heavy (non-hydrogen) atoms. The van der Waals surface area contributed by atoms with Crippen molar-refractivity contribution in [2.75, 3.05) is 34.2 Å². The van der Waals surface area contributed by atoms with Gasteiger partial charge in [0.2, 0.25) is 5.91 Å². The van der Waals surface area contributed by atoms with Crippen LogP contribution in [-0.4, -0.2) is 56.0 Å². The van der Waals surface area contributed by atoms with E-state index in [0.29, 0.717) is 0 Å². The summed E-state index contributed by atoms with van der Waals surface area (Å²) >= 11 is 0. The fraction of sp³-hybridized carbons (Fsp3) is 0.562. The summed E-state index contributed by atoms with van der Waals surface area (Å²) in [5, 5.41) is 3.21. The van der Waals surface area contributed by atoms with E-state index in [1.165, 1.54) is 0 Å². The first-order valence-electron chi connectivity index (χ1n) is 7.28. The fourth-order valence-corrected chi connectivity index (χ4v) is 2.88. The van der Waals surface area contributed by atoms with Crippen molar-refractivity contribution in [1.29, 1.82) is 0 Å². The molecular weight excluding hydrogens is 250 g/mol. The number of hydrogen-bond acceptors (Lipinski definition) is 3. The van der Waals surface area contributed by atoms with Gasteiger partial charge < -0.3 is 10.2 Å². The molecule has 110 valence electrons. The van der Waals surface area contributed by atoms with Crippen LogP contribution in [0.3, 0.4) is 0 Å². The second kappa shape index (κ2) is 6.86. The third kappa shape index (κ3) is 3.81. The number of rotatable bonds is 4. The molecular formula is C16H25N3O. The summed E-state index contributed by atoms with van der Waals surface area (Å²) in [6.45, 7) is 2.07. The first-order chi connectivity index (χ1) is 9.58. The van der Waals surface area contributed by atoms with E-state index in [4.69, 9.17) is 0 Å². The Morgan fingerprint density at radius 2 is 2.05 bits per heavy atom. The first kappa shape index (κ1) is 15.0. The molecule has 4 nitrogen and oxygen atoms in total. The SMILES string of the molecule is CN1CCC[C@H](NC(=O)[C@@H](c2ccccc2)N(C)C)C1. The fourth-order valence-electron chi connectivity index (χ4n) is 2.88. The molecule has 0 aromatic heterocycles. The number of likely N-dealkylation sites (N-methyl/N-ethyl adjacent to an activating group) is 2. The summed E-state index contributed by atoms with van der Waals surface area (Å²) < 4.78 is 0. The molecule has 1 N–H and O–H groups in total. The van der Waals surface area contributed by atoms with Gasteiger partial charge in [0, 0.05) is 12.6 Å². The third-order valence-corrected chi connectivity index (χ3v) is 3.85. The van der Waals surface area contributed by atoms with Gasteiger partial charge in [-0.25, -0.2) is 0 Å². The molecule has 0 unspecified atom stereocenters. The van der Waals surface area contributed by atoms with E-state index < -0.39 is 0 Å². The average Bonchev–Trinajstić information content (AvgIpc) is 2.39. The summed E-state index contributed by atoms with van der Waals surface area (Å²) in [6, 6.07) is 10.0. The lowest BCUT2D eigenvalue weighted by atomic mass is 10.0. The Morgan fingerprint density at radius 1 is 1.35 bits per heavy atom. The highest BCUT2D eigenvalue weighted by molar-refractivity contribution is 5.83. The molecule has 1 aromatic carbocycles. The van der Waals surface area contributed by atoms with E-state index in [-0.39, 0.29) is 18.0 Å². The van der Waals surface area contributed by atoms with E-state index in [9.17, 15) is 4.79 Å². The molecule has 1 heterocycles. The zero-order valence-corrected chi connectivity index (χ0v) is 12.7. The lowest BCUT2D eigenvalue weighted by molar-refractivity contribution is -0.126. The van der Waals surface area contributed by atoms with Crippen LogP contribution in [0, 0.1) is 0 Å². The molecule has 1 aliphatic heterocycles. The lowest BCUT2D eigenvalue weighted by Crippen LogP contribution is -2.49. The number of carbonyl (C=O) groups excluding carboxylic acids is 1. The highest BCUT2D eigenvalue weighted by Crippen LogP contribution is 2.19. The van der Waals surface area contributed by atoms with Gasteiger partial charge in [0.1, 0.15) is 6.04 Å². The minimum atomic E-state index is -0.219. The standard InChI is InChI=1S/C16H25N3O/c1-18(2)15(13-8-5-4-6-9-13)16(20)17-14-10-7-11-19(3)12-14/h4-6,8-9,14-15H,7,10-12H2,1-3H3,(H,17,20)/t14-,15+/m0/s1. The predicted octanol–water partition coefficient (Wildman–Crippen LogP) is 1.50. The van der Waals surface area contributed by atoms with Gasteiger partial charge in [0.05, 0.1) is 0 Å². The van der Waals surface area contributed by atoms with Crippen molar-refractivity contribution in [3.63, 3.8) is 0 Å². The topological polar surface area (TPSA) is 35.6 Å². The van der Waals surface area contributed by atoms with Crippen LogP contribution < -0.4 is 5.32 Å². The summed E-state index contributed by atoms with van der Waals surface area (Å²) in [6.07, 6.45) is 2.23. The summed E-state index contributed by atoms with van der Waals surface area (Å²) in [7, 11) is 6.01. The molecule has 2 rings (SSSR count). The second-order valence-corrected chi connectivity index (χ2v) is 5.89. The zero-order chi connectivity index (χ0) is 14.5. The van der Waals surface area contributed by atoms with Crippen LogP contribution in [0.2, 0.25) is 0 Å². The number of nitrogens with zero attached hydrogens (tertiary/aromatic N) is 2. The molecule has 0 bridgehead atoms. The Bertz CT molecular complexity index is 433. The van der Waals surface area contributed by atoms with E-state index in [2.05, 4.69) is 17.3 Å². The van der Waals surface area contributed by atoms with Gasteiger partial charge in [-0.1, -0.05) is 30.3 Å². The quantitative estimate of drug-likeness (QED) is 0.904. The maximum atomic E-state index is 12.6. The van der Waals surface area contributed by atoms with Gasteiger partial charge in [-0.2, -0.15) is 0 Å². The van der Waals surface area contributed by atoms with Crippen molar-refractivity contribution >= 4 is 5.91 Å². The van der Waals surface area contributed by atoms with Crippen molar-refractivity contribution in [1.82, 2.24) is 15.1 Å². The van der Waals surface area contributed by atoms with Crippen molar-refractivity contribution in [2.24, 2.45) is 0 Å². The molecule has 1 aromatic rings. The largest absolute Gasteiger partial charge is 0.350 e. The summed E-state index contributed by atoms with van der Waals surface area (Å²) in [5.41, 5.74) is 1.04. The van der Waals surface area contributed by atoms with Crippen molar-refractivity contribution in [2.45, 2.75) is 24.9 Å². The predicted molar refractivity (Wildman–Crippen MR) is 81.5 cm³/mol. The number of carbonyl (C=O) groups is 1. The molecule has 1 saturated heterocycles. The van der Waals surface area contributed by atoms with Crippen LogP contribution in [0.4, 0.5) is 0 Å². The minimum absolute atomic E-state index is 0.0986. The maximum Gasteiger partial charge on any atom is 0.242 e. The molecule has 0 aliphatic carbocycles. The summed E-state index contributed by atoms with van der Waals surface area (Å²) in [4.78, 5) is 16.8. The van der Waals surface area contributed by atoms with Crippen molar-refractivity contribution in [3.8, 4) is 0 Å². The summed E-state index contributed by atoms with van der Waals surface area (Å²) in [5.74, 6) is 0.0986. The molecule has 0 spiro atoms. The number of amides is 1. The Labute approximate surface area is 121 Å². The molecule has 1 amide bonds. The van der Waals surface area contributed by atoms with Gasteiger partial charge in [-0.05, 0) is 46.1 Å². The minimum Gasteiger partial charge on any atom is -0.350 e. The highest BCUT2D eigenvalue weighted by atomic mass is 16.2. The molecule has 0 radical (unpaired) electrons. The van der Waals surface area contributed by atoms with Crippen LogP contribution in [0.1, 0.15) is 24.4 Å². The first-order valence-corrected chi connectivity index (χ1v) is 7.28. The van der Waals surface area contributed by atoms with Crippen LogP contribution in [-0.2, 0) is 4.79 Å². The number of benzene rings is 1. The van der Waals surface area contributed by atoms with E-state index >= 15 is 0 Å². The Morgan fingerprint density at radius 3 is 2.65 bits per heavy atom. The van der Waals surface area contributed by atoms with Gasteiger partial charge in [0.25, 0.3) is 0 Å². The molecule has 2 atom stereocenters. The van der Waals surface area contributed by atoms with Crippen molar-refractivity contribution in [3.05, 3.63) is 35.9 Å². The number of nitrogens with one attached hydrogen (secondary N) is 1. The third-order valence-electron chi connectivity index (χ3n) is 3.85. The molecule has 4 heteroatoms. The van der Waals surface area contributed by atoms with Crippen LogP contribution in [0.5, 0.6) is 0 Å². The van der Waals surface area contributed by atoms with E-state index in [1.54, 1.807) is 0 Å². The van der Waals surface area contributed by atoms with Crippen molar-refractivity contribution < 1.29 is 4.79 Å². The van der Waals surface area contributed by atoms with Crippen LogP contribution >= 0.6 is 0 Å². The molecule has 0 saturated carbocycles. The van der Waals surface area contributed by atoms with Gasteiger partial charge in [-0.15, -0.1) is 0 Å². The van der Waals surface area contributed by atoms with Crippen LogP contribution in [0.25, 0.3) is 0 Å². The average molecular weight is 275 g/mol. The second-order valence-electron chi connectivity index (χ2n) is 5.89. The Kier molecular flexibility index (Phi) is 5.15. The zero-order valence-electron chi connectivity index (χ0n) is 12.7. The van der Waals surface area contributed by atoms with Crippen LogP contribution in [0.15, 0.2) is 30.3 Å². The maximum absolute atomic E-state index is 12.6. The lowest BCUT2D eigenvalue weighted by Gasteiger charge is -2.32. The van der Waals surface area contributed by atoms with E-state index in [1.807, 2.05) is 49.3 Å². The Balaban J connectivity index is 2.04. The van der Waals surface area contributed by atoms with Gasteiger partial charge in [-0.3, -0.25) is 9.69 Å². The smallest absolute Gasteiger partial charge is 0.242 e. The van der Waals surface area contributed by atoms with E-state index in [0.717, 1.165) is 31.5 Å². The Hall–Kier alpha value is -1.39. The molecule has 1 fully saturated rings. The number of hydrogen-bond donors (Lipinski definition) is 1. The molecule has 1 aliphatic rings. The number of piperidine rings is 1. The van der Waals surface area contributed by atoms with Gasteiger partial charge in [0.15, 0.2) is 0 Å². The monoisotopic (exact) mass is 275 g/mol. The van der Waals surface area contributed by atoms with Gasteiger partial charge >= 0.3 is 0 Å². The highest BCUT2D eigenvalue weighted by Gasteiger charge is 2.26.